The molecule has 0 radical (unpaired) electrons. The molecule has 2 amide bonds. The van der Waals surface area contributed by atoms with E-state index in [2.05, 4.69) is 5.32 Å². The molecule has 8 nitrogen and oxygen atoms in total. The highest BCUT2D eigenvalue weighted by Crippen LogP contribution is 2.23. The van der Waals surface area contributed by atoms with Gasteiger partial charge in [-0.2, -0.15) is 0 Å². The molecule has 1 heterocycles. The van der Waals surface area contributed by atoms with Crippen LogP contribution in [0.1, 0.15) is 45.6 Å². The number of carbonyl (C=O) groups excluding carboxylic acids is 2. The number of likely N-dealkylation sites (tertiary alicyclic amines) is 1. The molecule has 2 rings (SSSR count). The first-order valence-electron chi connectivity index (χ1n) is 9.81. The lowest BCUT2D eigenvalue weighted by Gasteiger charge is -2.36. The van der Waals surface area contributed by atoms with Crippen molar-refractivity contribution in [3.05, 3.63) is 35.9 Å². The number of carbonyl (C=O) groups is 3. The molecular formula is C21H30N2O6. The summed E-state index contributed by atoms with van der Waals surface area (Å²) in [5.74, 6) is -1.22. The maximum Gasteiger partial charge on any atom is 0.410 e. The molecule has 160 valence electrons. The predicted octanol–water partition coefficient (Wildman–Crippen LogP) is 3.40. The van der Waals surface area contributed by atoms with E-state index >= 15 is 0 Å². The number of piperidine rings is 1. The van der Waals surface area contributed by atoms with Crippen molar-refractivity contribution in [1.29, 1.82) is 0 Å². The summed E-state index contributed by atoms with van der Waals surface area (Å²) in [4.78, 5) is 37.5. The zero-order valence-corrected chi connectivity index (χ0v) is 17.2. The van der Waals surface area contributed by atoms with Gasteiger partial charge in [-0.25, -0.2) is 9.59 Å². The van der Waals surface area contributed by atoms with Crippen molar-refractivity contribution in [1.82, 2.24) is 10.2 Å². The van der Waals surface area contributed by atoms with E-state index in [-0.39, 0.29) is 18.9 Å². The number of amides is 2. The highest BCUT2D eigenvalue weighted by Gasteiger charge is 2.33. The molecule has 1 aliphatic rings. The van der Waals surface area contributed by atoms with Gasteiger partial charge in [0.25, 0.3) is 0 Å². The lowest BCUT2D eigenvalue weighted by Crippen LogP contribution is -2.50. The summed E-state index contributed by atoms with van der Waals surface area (Å²) in [6.45, 7) is 6.25. The Hall–Kier alpha value is -2.77. The smallest absolute Gasteiger partial charge is 0.410 e. The number of hydrogen-bond acceptors (Lipinski definition) is 5. The van der Waals surface area contributed by atoms with Crippen LogP contribution >= 0.6 is 0 Å². The summed E-state index contributed by atoms with van der Waals surface area (Å²) in [7, 11) is 0. The predicted molar refractivity (Wildman–Crippen MR) is 106 cm³/mol. The SMILES string of the molecule is CC(C)(C)OC(=O)N[C@@H](CC(=O)O)[C@H]1CCCN(C(=O)OCc2ccccc2)C1. The maximum atomic E-state index is 12.4. The average molecular weight is 406 g/mol. The van der Waals surface area contributed by atoms with Crippen LogP contribution in [-0.4, -0.2) is 52.9 Å². The topological polar surface area (TPSA) is 105 Å². The molecule has 0 bridgehead atoms. The molecule has 1 fully saturated rings. The van der Waals surface area contributed by atoms with E-state index in [1.165, 1.54) is 0 Å². The standard InChI is InChI=1S/C21H30N2O6/c1-21(2,3)29-19(26)22-17(12-18(24)25)16-10-7-11-23(13-16)20(27)28-14-15-8-5-4-6-9-15/h4-6,8-9,16-17H,7,10-14H2,1-3H3,(H,22,26)(H,24,25)/t16-,17-/m0/s1. The van der Waals surface area contributed by atoms with E-state index in [9.17, 15) is 19.5 Å². The molecular weight excluding hydrogens is 376 g/mol. The molecule has 1 aromatic carbocycles. The highest BCUT2D eigenvalue weighted by atomic mass is 16.6. The van der Waals surface area contributed by atoms with E-state index in [0.29, 0.717) is 25.9 Å². The number of nitrogens with one attached hydrogen (secondary N) is 1. The van der Waals surface area contributed by atoms with E-state index in [0.717, 1.165) is 5.56 Å². The van der Waals surface area contributed by atoms with E-state index in [1.54, 1.807) is 25.7 Å². The number of carboxylic acids is 1. The first kappa shape index (κ1) is 22.5. The van der Waals surface area contributed by atoms with Gasteiger partial charge in [-0.1, -0.05) is 30.3 Å². The van der Waals surface area contributed by atoms with Crippen LogP contribution in [0.15, 0.2) is 30.3 Å². The van der Waals surface area contributed by atoms with Gasteiger partial charge >= 0.3 is 18.2 Å². The molecule has 0 aliphatic carbocycles. The monoisotopic (exact) mass is 406 g/mol. The molecule has 29 heavy (non-hydrogen) atoms. The fourth-order valence-electron chi connectivity index (χ4n) is 3.30. The Labute approximate surface area is 171 Å². The first-order chi connectivity index (χ1) is 13.6. The van der Waals surface area contributed by atoms with Crippen molar-refractivity contribution in [2.75, 3.05) is 13.1 Å². The van der Waals surface area contributed by atoms with Crippen LogP contribution in [0.25, 0.3) is 0 Å². The largest absolute Gasteiger partial charge is 0.481 e. The molecule has 0 spiro atoms. The Balaban J connectivity index is 1.95. The van der Waals surface area contributed by atoms with Crippen molar-refractivity contribution in [2.24, 2.45) is 5.92 Å². The first-order valence-corrected chi connectivity index (χ1v) is 9.81. The number of carboxylic acid groups (broad SMARTS) is 1. The number of benzene rings is 1. The van der Waals surface area contributed by atoms with Gasteiger partial charge in [-0.15, -0.1) is 0 Å². The van der Waals surface area contributed by atoms with E-state index < -0.39 is 29.8 Å². The summed E-state index contributed by atoms with van der Waals surface area (Å²) in [6, 6.07) is 8.76. The van der Waals surface area contributed by atoms with Gasteiger partial charge < -0.3 is 24.8 Å². The van der Waals surface area contributed by atoms with Gasteiger partial charge in [-0.05, 0) is 45.1 Å². The molecule has 0 aromatic heterocycles. The summed E-state index contributed by atoms with van der Waals surface area (Å²) in [5.41, 5.74) is 0.210. The van der Waals surface area contributed by atoms with Gasteiger partial charge in [-0.3, -0.25) is 4.79 Å². The summed E-state index contributed by atoms with van der Waals surface area (Å²) in [5, 5.41) is 11.9. The van der Waals surface area contributed by atoms with Crippen LogP contribution < -0.4 is 5.32 Å². The molecule has 2 atom stereocenters. The zero-order valence-electron chi connectivity index (χ0n) is 17.2. The van der Waals surface area contributed by atoms with Crippen molar-refractivity contribution in [2.45, 2.75) is 58.3 Å². The van der Waals surface area contributed by atoms with Gasteiger partial charge in [0.1, 0.15) is 12.2 Å². The average Bonchev–Trinajstić information content (AvgIpc) is 2.64. The van der Waals surface area contributed by atoms with Gasteiger partial charge in [0, 0.05) is 19.1 Å². The number of alkyl carbamates (subject to hydrolysis) is 1. The second kappa shape index (κ2) is 10.1. The number of nitrogens with zero attached hydrogens (tertiary/aromatic N) is 1. The minimum atomic E-state index is -1.02. The Kier molecular flexibility index (Phi) is 7.87. The second-order valence-corrected chi connectivity index (χ2v) is 8.24. The van der Waals surface area contributed by atoms with Crippen molar-refractivity contribution in [3.8, 4) is 0 Å². The highest BCUT2D eigenvalue weighted by molar-refractivity contribution is 5.72. The Bertz CT molecular complexity index is 701. The quantitative estimate of drug-likeness (QED) is 0.750. The van der Waals surface area contributed by atoms with Gasteiger partial charge in [0.15, 0.2) is 0 Å². The molecule has 2 N–H and O–H groups in total. The third-order valence-electron chi connectivity index (χ3n) is 4.59. The number of ether oxygens (including phenoxy) is 2. The Morgan fingerprint density at radius 3 is 2.55 bits per heavy atom. The van der Waals surface area contributed by atoms with E-state index in [4.69, 9.17) is 9.47 Å². The van der Waals surface area contributed by atoms with Crippen LogP contribution in [0.2, 0.25) is 0 Å². The lowest BCUT2D eigenvalue weighted by atomic mass is 9.89. The molecule has 1 aromatic rings. The summed E-state index contributed by atoms with van der Waals surface area (Å²) in [6.07, 6.45) is 0.0713. The molecule has 8 heteroatoms. The second-order valence-electron chi connectivity index (χ2n) is 8.24. The van der Waals surface area contributed by atoms with Crippen LogP contribution in [0.5, 0.6) is 0 Å². The van der Waals surface area contributed by atoms with Gasteiger partial charge in [0.05, 0.1) is 6.42 Å². The van der Waals surface area contributed by atoms with Crippen LogP contribution in [0.4, 0.5) is 9.59 Å². The van der Waals surface area contributed by atoms with Crippen LogP contribution in [0, 0.1) is 5.92 Å². The van der Waals surface area contributed by atoms with Crippen molar-refractivity contribution in [3.63, 3.8) is 0 Å². The minimum Gasteiger partial charge on any atom is -0.481 e. The molecule has 1 saturated heterocycles. The third kappa shape index (κ3) is 8.01. The number of hydrogen-bond donors (Lipinski definition) is 2. The fraction of sp³-hybridized carbons (Fsp3) is 0.571. The molecule has 0 saturated carbocycles. The van der Waals surface area contributed by atoms with Crippen molar-refractivity contribution < 1.29 is 29.0 Å². The van der Waals surface area contributed by atoms with E-state index in [1.807, 2.05) is 30.3 Å². The normalized spacial score (nSPS) is 17.9. The van der Waals surface area contributed by atoms with Gasteiger partial charge in [0.2, 0.25) is 0 Å². The van der Waals surface area contributed by atoms with Crippen LogP contribution in [-0.2, 0) is 20.9 Å². The van der Waals surface area contributed by atoms with Crippen LogP contribution in [0.3, 0.4) is 0 Å². The molecule has 1 aliphatic heterocycles. The lowest BCUT2D eigenvalue weighted by molar-refractivity contribution is -0.138. The number of aliphatic carboxylic acids is 1. The number of rotatable bonds is 6. The Morgan fingerprint density at radius 2 is 1.93 bits per heavy atom. The maximum absolute atomic E-state index is 12.4. The summed E-state index contributed by atoms with van der Waals surface area (Å²) >= 11 is 0. The Morgan fingerprint density at radius 1 is 1.24 bits per heavy atom. The summed E-state index contributed by atoms with van der Waals surface area (Å²) < 4.78 is 10.6. The van der Waals surface area contributed by atoms with Crippen molar-refractivity contribution >= 4 is 18.2 Å². The minimum absolute atomic E-state index is 0.176. The third-order valence-corrected chi connectivity index (χ3v) is 4.59. The fourth-order valence-corrected chi connectivity index (χ4v) is 3.30. The molecule has 0 unspecified atom stereocenters. The zero-order chi connectivity index (χ0) is 21.4.